The molecule has 0 aromatic heterocycles. The number of nitrogens with one attached hydrogen (secondary N) is 2. The minimum absolute atomic E-state index is 0.745. The SMILES string of the molecule is CCO[Si](C)(CCCNCCNCCC[Si](C)(OCC)OCC)OCC. The van der Waals surface area contributed by atoms with E-state index in [1.165, 1.54) is 0 Å². The first-order valence-electron chi connectivity index (χ1n) is 10.4. The third-order valence-electron chi connectivity index (χ3n) is 4.25. The van der Waals surface area contributed by atoms with Gasteiger partial charge in [-0.3, -0.25) is 0 Å². The van der Waals surface area contributed by atoms with Gasteiger partial charge in [-0.25, -0.2) is 0 Å². The largest absolute Gasteiger partial charge is 0.395 e. The summed E-state index contributed by atoms with van der Waals surface area (Å²) >= 11 is 0. The average molecular weight is 409 g/mol. The average Bonchev–Trinajstić information content (AvgIpc) is 2.57. The van der Waals surface area contributed by atoms with E-state index >= 15 is 0 Å². The summed E-state index contributed by atoms with van der Waals surface area (Å²) in [6.45, 7) is 19.5. The minimum atomic E-state index is -1.94. The Bertz CT molecular complexity index is 284. The maximum absolute atomic E-state index is 5.86. The van der Waals surface area contributed by atoms with Crippen LogP contribution in [0.1, 0.15) is 40.5 Å². The molecule has 0 aromatic carbocycles. The minimum Gasteiger partial charge on any atom is -0.395 e. The highest BCUT2D eigenvalue weighted by atomic mass is 28.4. The Morgan fingerprint density at radius 3 is 1.12 bits per heavy atom. The van der Waals surface area contributed by atoms with Gasteiger partial charge in [-0.1, -0.05) is 0 Å². The Kier molecular flexibility index (Phi) is 16.3. The quantitative estimate of drug-likeness (QED) is 0.253. The summed E-state index contributed by atoms with van der Waals surface area (Å²) in [5, 5.41) is 7.00. The highest BCUT2D eigenvalue weighted by molar-refractivity contribution is 6.66. The summed E-state index contributed by atoms with van der Waals surface area (Å²) in [6, 6.07) is 2.10. The molecule has 0 aromatic rings. The van der Waals surface area contributed by atoms with E-state index in [0.717, 1.165) is 77.5 Å². The van der Waals surface area contributed by atoms with Gasteiger partial charge in [-0.05, 0) is 78.8 Å². The predicted molar refractivity (Wildman–Crippen MR) is 114 cm³/mol. The summed E-state index contributed by atoms with van der Waals surface area (Å²) in [5.74, 6) is 0. The number of hydrogen-bond acceptors (Lipinski definition) is 6. The van der Waals surface area contributed by atoms with Gasteiger partial charge in [0, 0.05) is 39.5 Å². The van der Waals surface area contributed by atoms with Crippen molar-refractivity contribution in [2.75, 3.05) is 52.6 Å². The van der Waals surface area contributed by atoms with E-state index in [-0.39, 0.29) is 0 Å². The van der Waals surface area contributed by atoms with Crippen molar-refractivity contribution in [2.45, 2.75) is 65.7 Å². The molecule has 0 heterocycles. The first kappa shape index (κ1) is 26.2. The lowest BCUT2D eigenvalue weighted by atomic mass is 10.4. The fourth-order valence-corrected chi connectivity index (χ4v) is 7.91. The Hall–Kier alpha value is 0.194. The van der Waals surface area contributed by atoms with Crippen LogP contribution in [-0.4, -0.2) is 69.7 Å². The molecule has 158 valence electrons. The third-order valence-corrected chi connectivity index (χ3v) is 10.4. The van der Waals surface area contributed by atoms with Crippen molar-refractivity contribution in [2.24, 2.45) is 0 Å². The van der Waals surface area contributed by atoms with Crippen molar-refractivity contribution in [3.8, 4) is 0 Å². The molecule has 0 spiro atoms. The Morgan fingerprint density at radius 2 is 0.846 bits per heavy atom. The maximum Gasteiger partial charge on any atom is 0.334 e. The Labute approximate surface area is 164 Å². The summed E-state index contributed by atoms with van der Waals surface area (Å²) in [4.78, 5) is 0. The zero-order chi connectivity index (χ0) is 19.7. The molecule has 0 aliphatic carbocycles. The molecule has 0 amide bonds. The van der Waals surface area contributed by atoms with Gasteiger partial charge in [0.15, 0.2) is 0 Å². The monoisotopic (exact) mass is 408 g/mol. The van der Waals surface area contributed by atoms with Crippen LogP contribution in [0.2, 0.25) is 25.2 Å². The molecule has 0 saturated carbocycles. The van der Waals surface area contributed by atoms with Gasteiger partial charge >= 0.3 is 17.1 Å². The van der Waals surface area contributed by atoms with Gasteiger partial charge in [-0.2, -0.15) is 0 Å². The van der Waals surface area contributed by atoms with Crippen LogP contribution in [0, 0.1) is 0 Å². The standard InChI is InChI=1S/C18H44N2O4Si2/c1-7-21-25(5,22-8-2)17-11-13-19-15-16-20-14-12-18-26(6,23-9-3)24-10-4/h19-20H,7-18H2,1-6H3. The molecule has 0 fully saturated rings. The molecule has 8 heteroatoms. The fourth-order valence-electron chi connectivity index (χ4n) is 3.09. The smallest absolute Gasteiger partial charge is 0.334 e. The molecule has 0 unspecified atom stereocenters. The van der Waals surface area contributed by atoms with Gasteiger partial charge < -0.3 is 28.3 Å². The van der Waals surface area contributed by atoms with Crippen molar-refractivity contribution in [3.63, 3.8) is 0 Å². The van der Waals surface area contributed by atoms with Gasteiger partial charge in [0.05, 0.1) is 0 Å². The van der Waals surface area contributed by atoms with Gasteiger partial charge in [0.1, 0.15) is 0 Å². The van der Waals surface area contributed by atoms with Crippen LogP contribution in [0.25, 0.3) is 0 Å². The molecule has 0 saturated heterocycles. The second kappa shape index (κ2) is 16.2. The highest BCUT2D eigenvalue weighted by Crippen LogP contribution is 2.16. The Balaban J connectivity index is 3.64. The van der Waals surface area contributed by atoms with Gasteiger partial charge in [-0.15, -0.1) is 0 Å². The normalized spacial score (nSPS) is 12.7. The molecule has 2 N–H and O–H groups in total. The second-order valence-corrected chi connectivity index (χ2v) is 13.4. The van der Waals surface area contributed by atoms with Crippen molar-refractivity contribution in [1.82, 2.24) is 10.6 Å². The first-order chi connectivity index (χ1) is 12.4. The molecule has 0 rings (SSSR count). The second-order valence-electron chi connectivity index (χ2n) is 6.71. The van der Waals surface area contributed by atoms with E-state index in [9.17, 15) is 0 Å². The topological polar surface area (TPSA) is 61.0 Å². The number of rotatable bonds is 19. The van der Waals surface area contributed by atoms with E-state index in [1.807, 2.05) is 27.7 Å². The molecular weight excluding hydrogens is 364 g/mol. The number of hydrogen-bond donors (Lipinski definition) is 2. The third kappa shape index (κ3) is 13.4. The van der Waals surface area contributed by atoms with Crippen molar-refractivity contribution < 1.29 is 17.7 Å². The van der Waals surface area contributed by atoms with E-state index in [1.54, 1.807) is 0 Å². The van der Waals surface area contributed by atoms with Crippen LogP contribution in [0.5, 0.6) is 0 Å². The van der Waals surface area contributed by atoms with Crippen LogP contribution >= 0.6 is 0 Å². The van der Waals surface area contributed by atoms with Gasteiger partial charge in [0.25, 0.3) is 0 Å². The summed E-state index contributed by atoms with van der Waals surface area (Å²) in [5.41, 5.74) is 0. The Morgan fingerprint density at radius 1 is 0.538 bits per heavy atom. The van der Waals surface area contributed by atoms with E-state index in [2.05, 4.69) is 23.7 Å². The van der Waals surface area contributed by atoms with Crippen molar-refractivity contribution >= 4 is 17.1 Å². The molecule has 26 heavy (non-hydrogen) atoms. The molecule has 0 aliphatic heterocycles. The lowest BCUT2D eigenvalue weighted by Crippen LogP contribution is -2.40. The summed E-state index contributed by atoms with van der Waals surface area (Å²) in [7, 11) is -3.89. The van der Waals surface area contributed by atoms with Crippen LogP contribution in [0.4, 0.5) is 0 Å². The van der Waals surface area contributed by atoms with Crippen LogP contribution in [-0.2, 0) is 17.7 Å². The first-order valence-corrected chi connectivity index (χ1v) is 15.5. The molecule has 0 bridgehead atoms. The molecular formula is C18H44N2O4Si2. The van der Waals surface area contributed by atoms with E-state index in [4.69, 9.17) is 17.7 Å². The summed E-state index contributed by atoms with van der Waals surface area (Å²) in [6.07, 6.45) is 2.21. The van der Waals surface area contributed by atoms with Crippen LogP contribution in [0.3, 0.4) is 0 Å². The summed E-state index contributed by atoms with van der Waals surface area (Å²) < 4.78 is 23.5. The van der Waals surface area contributed by atoms with Crippen molar-refractivity contribution in [1.29, 1.82) is 0 Å². The zero-order valence-corrected chi connectivity index (χ0v) is 20.1. The van der Waals surface area contributed by atoms with Crippen LogP contribution in [0.15, 0.2) is 0 Å². The van der Waals surface area contributed by atoms with Crippen LogP contribution < -0.4 is 10.6 Å². The molecule has 0 radical (unpaired) electrons. The fraction of sp³-hybridized carbons (Fsp3) is 1.00. The zero-order valence-electron chi connectivity index (χ0n) is 18.1. The predicted octanol–water partition coefficient (Wildman–Crippen LogP) is 3.24. The van der Waals surface area contributed by atoms with E-state index in [0.29, 0.717) is 0 Å². The van der Waals surface area contributed by atoms with Gasteiger partial charge in [0.2, 0.25) is 0 Å². The maximum atomic E-state index is 5.86. The molecule has 0 atom stereocenters. The molecule has 6 nitrogen and oxygen atoms in total. The van der Waals surface area contributed by atoms with E-state index < -0.39 is 17.1 Å². The lowest BCUT2D eigenvalue weighted by molar-refractivity contribution is 0.187. The highest BCUT2D eigenvalue weighted by Gasteiger charge is 2.30. The van der Waals surface area contributed by atoms with Crippen molar-refractivity contribution in [3.05, 3.63) is 0 Å². The molecule has 0 aliphatic rings. The lowest BCUT2D eigenvalue weighted by Gasteiger charge is -2.26.